The largest absolute Gasteiger partial charge is 0.213 e. The first-order valence-electron chi connectivity index (χ1n) is 9.39. The third-order valence-corrected chi connectivity index (χ3v) is 4.80. The Morgan fingerprint density at radius 3 is 2.00 bits per heavy atom. The normalized spacial score (nSPS) is 13.2. The van der Waals surface area contributed by atoms with Crippen molar-refractivity contribution in [3.63, 3.8) is 0 Å². The molecule has 26 heavy (non-hydrogen) atoms. The number of allylic oxidation sites excluding steroid dienone is 1. The third-order valence-electron chi connectivity index (χ3n) is 4.80. The molecule has 0 bridgehead atoms. The summed E-state index contributed by atoms with van der Waals surface area (Å²) in [5.74, 6) is 0. The first-order valence-corrected chi connectivity index (χ1v) is 9.39. The van der Waals surface area contributed by atoms with Crippen LogP contribution in [-0.2, 0) is 5.54 Å². The van der Waals surface area contributed by atoms with Gasteiger partial charge in [-0.15, -0.1) is 0 Å². The van der Waals surface area contributed by atoms with Gasteiger partial charge < -0.3 is 0 Å². The molecule has 1 aromatic heterocycles. The van der Waals surface area contributed by atoms with E-state index in [0.29, 0.717) is 0 Å². The van der Waals surface area contributed by atoms with Crippen LogP contribution in [0, 0.1) is 5.41 Å². The van der Waals surface area contributed by atoms with Gasteiger partial charge in [-0.25, -0.2) is 0 Å². The fourth-order valence-electron chi connectivity index (χ4n) is 3.46. The van der Waals surface area contributed by atoms with Crippen LogP contribution in [0.4, 0.5) is 0 Å². The summed E-state index contributed by atoms with van der Waals surface area (Å²) in [7, 11) is 0. The maximum Gasteiger partial charge on any atom is 0.213 e. The lowest BCUT2D eigenvalue weighted by Crippen LogP contribution is -2.52. The molecule has 134 valence electrons. The predicted octanol–water partition coefficient (Wildman–Crippen LogP) is 6.47. The SMILES string of the molecule is CC(C)(C)/C(=C\c1c2ccccc2cc[n+]1C(C)(C)C)c1ccccc1. The van der Waals surface area contributed by atoms with E-state index >= 15 is 0 Å². The third kappa shape index (κ3) is 3.72. The van der Waals surface area contributed by atoms with E-state index in [1.807, 2.05) is 0 Å². The number of hydrogen-bond acceptors (Lipinski definition) is 0. The average molecular weight is 345 g/mol. The summed E-state index contributed by atoms with van der Waals surface area (Å²) in [6.07, 6.45) is 4.61. The Hall–Kier alpha value is -2.41. The highest BCUT2D eigenvalue weighted by molar-refractivity contribution is 5.93. The summed E-state index contributed by atoms with van der Waals surface area (Å²) in [4.78, 5) is 0. The molecule has 0 unspecified atom stereocenters. The zero-order valence-electron chi connectivity index (χ0n) is 16.9. The summed E-state index contributed by atoms with van der Waals surface area (Å²) in [5.41, 5.74) is 3.97. The molecule has 0 aliphatic rings. The Labute approximate surface area is 158 Å². The number of rotatable bonds is 2. The molecule has 1 heteroatoms. The standard InChI is InChI=1S/C25H30N/c1-24(2,3)22(20-13-8-7-9-14-20)18-23-21-15-11-10-12-19(21)16-17-26(23)25(4,5)6/h7-18H,1-6H3/q+1/b22-18-. The van der Waals surface area contributed by atoms with Crippen LogP contribution in [0.15, 0.2) is 66.9 Å². The number of hydrogen-bond donors (Lipinski definition) is 0. The lowest BCUT2D eigenvalue weighted by molar-refractivity contribution is -0.754. The number of nitrogens with zero attached hydrogens (tertiary/aromatic N) is 1. The first-order chi connectivity index (χ1) is 12.2. The van der Waals surface area contributed by atoms with Crippen molar-refractivity contribution in [2.24, 2.45) is 5.41 Å². The van der Waals surface area contributed by atoms with E-state index in [1.165, 1.54) is 27.6 Å². The molecule has 1 nitrogen and oxygen atoms in total. The minimum atomic E-state index is 0.00947. The average Bonchev–Trinajstić information content (AvgIpc) is 2.58. The predicted molar refractivity (Wildman–Crippen MR) is 113 cm³/mol. The number of pyridine rings is 1. The van der Waals surface area contributed by atoms with Crippen molar-refractivity contribution in [2.45, 2.75) is 47.1 Å². The molecule has 0 atom stereocenters. The van der Waals surface area contributed by atoms with E-state index in [-0.39, 0.29) is 11.0 Å². The van der Waals surface area contributed by atoms with Gasteiger partial charge in [-0.2, -0.15) is 4.57 Å². The molecule has 0 amide bonds. The second-order valence-electron chi connectivity index (χ2n) is 9.00. The van der Waals surface area contributed by atoms with Crippen molar-refractivity contribution >= 4 is 22.4 Å². The minimum absolute atomic E-state index is 0.00947. The quantitative estimate of drug-likeness (QED) is 0.469. The summed E-state index contributed by atoms with van der Waals surface area (Å²) < 4.78 is 2.39. The highest BCUT2D eigenvalue weighted by atomic mass is 15.0. The van der Waals surface area contributed by atoms with Gasteiger partial charge in [-0.1, -0.05) is 69.3 Å². The summed E-state index contributed by atoms with van der Waals surface area (Å²) in [6, 6.07) is 21.6. The van der Waals surface area contributed by atoms with Crippen LogP contribution in [-0.4, -0.2) is 0 Å². The fourth-order valence-corrected chi connectivity index (χ4v) is 3.46. The Bertz CT molecular complexity index is 935. The van der Waals surface area contributed by atoms with Crippen molar-refractivity contribution < 1.29 is 4.57 Å². The minimum Gasteiger partial charge on any atom is -0.194 e. The lowest BCUT2D eigenvalue weighted by atomic mass is 9.81. The van der Waals surface area contributed by atoms with Crippen molar-refractivity contribution in [1.82, 2.24) is 0 Å². The van der Waals surface area contributed by atoms with Gasteiger partial charge in [0.25, 0.3) is 0 Å². The first kappa shape index (κ1) is 18.4. The Kier molecular flexibility index (Phi) is 4.75. The highest BCUT2D eigenvalue weighted by Crippen LogP contribution is 2.36. The van der Waals surface area contributed by atoms with E-state index < -0.39 is 0 Å². The molecule has 0 aliphatic heterocycles. The van der Waals surface area contributed by atoms with Crippen molar-refractivity contribution in [3.8, 4) is 0 Å². The van der Waals surface area contributed by atoms with Crippen LogP contribution < -0.4 is 4.57 Å². The molecule has 0 N–H and O–H groups in total. The molecule has 3 rings (SSSR count). The van der Waals surface area contributed by atoms with Gasteiger partial charge in [-0.3, -0.25) is 0 Å². The molecule has 1 heterocycles. The maximum atomic E-state index is 2.39. The van der Waals surface area contributed by atoms with E-state index in [9.17, 15) is 0 Å². The summed E-state index contributed by atoms with van der Waals surface area (Å²) >= 11 is 0. The van der Waals surface area contributed by atoms with Gasteiger partial charge in [0.1, 0.15) is 0 Å². The summed E-state index contributed by atoms with van der Waals surface area (Å²) in [6.45, 7) is 13.7. The number of fused-ring (bicyclic) bond motifs is 1. The van der Waals surface area contributed by atoms with Crippen LogP contribution in [0.2, 0.25) is 0 Å². The Balaban J connectivity index is 2.36. The summed E-state index contributed by atoms with van der Waals surface area (Å²) in [5, 5.41) is 2.57. The second kappa shape index (κ2) is 6.72. The van der Waals surface area contributed by atoms with E-state index in [1.54, 1.807) is 0 Å². The van der Waals surface area contributed by atoms with Crippen LogP contribution in [0.1, 0.15) is 52.8 Å². The number of aromatic nitrogens is 1. The molecule has 0 saturated carbocycles. The maximum absolute atomic E-state index is 2.39. The molecule has 0 radical (unpaired) electrons. The topological polar surface area (TPSA) is 3.88 Å². The van der Waals surface area contributed by atoms with Crippen molar-refractivity contribution in [2.75, 3.05) is 0 Å². The van der Waals surface area contributed by atoms with Gasteiger partial charge >= 0.3 is 0 Å². The molecule has 0 saturated heterocycles. The van der Waals surface area contributed by atoms with Crippen molar-refractivity contribution in [3.05, 3.63) is 78.1 Å². The van der Waals surface area contributed by atoms with Crippen LogP contribution in [0.25, 0.3) is 22.4 Å². The zero-order valence-corrected chi connectivity index (χ0v) is 16.9. The molecule has 2 aromatic carbocycles. The van der Waals surface area contributed by atoms with Crippen LogP contribution in [0.3, 0.4) is 0 Å². The van der Waals surface area contributed by atoms with Gasteiger partial charge in [0.15, 0.2) is 11.7 Å². The van der Waals surface area contributed by atoms with Gasteiger partial charge in [0.05, 0.1) is 5.39 Å². The van der Waals surface area contributed by atoms with E-state index in [2.05, 4.69) is 119 Å². The molecule has 3 aromatic rings. The molecular weight excluding hydrogens is 314 g/mol. The molecular formula is C25H30N+. The van der Waals surface area contributed by atoms with E-state index in [4.69, 9.17) is 0 Å². The van der Waals surface area contributed by atoms with Crippen LogP contribution in [0.5, 0.6) is 0 Å². The van der Waals surface area contributed by atoms with Crippen molar-refractivity contribution in [1.29, 1.82) is 0 Å². The Morgan fingerprint density at radius 1 is 0.769 bits per heavy atom. The zero-order chi connectivity index (χ0) is 18.9. The number of benzene rings is 2. The monoisotopic (exact) mass is 344 g/mol. The smallest absolute Gasteiger partial charge is 0.194 e. The molecule has 0 aliphatic carbocycles. The lowest BCUT2D eigenvalue weighted by Gasteiger charge is -2.24. The second-order valence-corrected chi connectivity index (χ2v) is 9.00. The molecule has 0 spiro atoms. The van der Waals surface area contributed by atoms with Gasteiger partial charge in [0.2, 0.25) is 5.69 Å². The Morgan fingerprint density at radius 2 is 1.38 bits per heavy atom. The molecule has 0 fully saturated rings. The van der Waals surface area contributed by atoms with Crippen LogP contribution >= 0.6 is 0 Å². The van der Waals surface area contributed by atoms with Gasteiger partial charge in [-0.05, 0) is 28.0 Å². The van der Waals surface area contributed by atoms with E-state index in [0.717, 1.165) is 0 Å². The fraction of sp³-hybridized carbons (Fsp3) is 0.320. The van der Waals surface area contributed by atoms with Gasteiger partial charge in [0, 0.05) is 32.9 Å². The highest BCUT2D eigenvalue weighted by Gasteiger charge is 2.28.